The maximum atomic E-state index is 12.7. The molecular weight excluding hydrogens is 332 g/mol. The minimum atomic E-state index is -1.06. The van der Waals surface area contributed by atoms with Crippen LogP contribution in [0.1, 0.15) is 51.1 Å². The third-order valence-electron chi connectivity index (χ3n) is 4.86. The van der Waals surface area contributed by atoms with Crippen molar-refractivity contribution in [1.29, 1.82) is 0 Å². The molecule has 0 spiro atoms. The van der Waals surface area contributed by atoms with Crippen LogP contribution in [0.15, 0.2) is 42.5 Å². The van der Waals surface area contributed by atoms with Crippen LogP contribution >= 0.6 is 0 Å². The van der Waals surface area contributed by atoms with Crippen LogP contribution in [0.25, 0.3) is 0 Å². The van der Waals surface area contributed by atoms with Gasteiger partial charge in [-0.25, -0.2) is 4.90 Å². The first kappa shape index (κ1) is 17.8. The van der Waals surface area contributed by atoms with E-state index in [0.717, 1.165) is 16.0 Å². The van der Waals surface area contributed by atoms with Crippen LogP contribution in [0, 0.1) is 6.92 Å². The van der Waals surface area contributed by atoms with Gasteiger partial charge in [-0.15, -0.1) is 0 Å². The summed E-state index contributed by atoms with van der Waals surface area (Å²) in [5.74, 6) is -2.09. The molecule has 2 atom stereocenters. The Morgan fingerprint density at radius 3 is 2.31 bits per heavy atom. The van der Waals surface area contributed by atoms with Crippen molar-refractivity contribution >= 4 is 23.5 Å². The number of fused-ring (bicyclic) bond motifs is 1. The molecular formula is C20H20N2O4. The van der Waals surface area contributed by atoms with Crippen LogP contribution in [0.2, 0.25) is 0 Å². The highest BCUT2D eigenvalue weighted by Gasteiger charge is 2.37. The van der Waals surface area contributed by atoms with E-state index >= 15 is 0 Å². The first-order valence-corrected chi connectivity index (χ1v) is 8.43. The Kier molecular flexibility index (Phi) is 4.61. The monoisotopic (exact) mass is 352 g/mol. The lowest BCUT2D eigenvalue weighted by atomic mass is 9.89. The molecule has 6 nitrogen and oxygen atoms in total. The molecule has 0 aromatic heterocycles. The lowest BCUT2D eigenvalue weighted by Gasteiger charge is -2.21. The van der Waals surface area contributed by atoms with Gasteiger partial charge in [-0.2, -0.15) is 0 Å². The topological polar surface area (TPSA) is 101 Å². The van der Waals surface area contributed by atoms with Crippen LogP contribution in [0.4, 0.5) is 5.69 Å². The largest absolute Gasteiger partial charge is 0.480 e. The predicted octanol–water partition coefficient (Wildman–Crippen LogP) is 2.70. The molecule has 0 aliphatic carbocycles. The van der Waals surface area contributed by atoms with Crippen LogP contribution in [0.3, 0.4) is 0 Å². The molecule has 134 valence electrons. The number of hydrogen-bond donors (Lipinski definition) is 2. The predicted molar refractivity (Wildman–Crippen MR) is 97.4 cm³/mol. The molecule has 26 heavy (non-hydrogen) atoms. The standard InChI is InChI=1S/C20H20N2O4/c1-3-14(17(21)20(25)26)12-7-9-13(10-8-12)22-18(23)15-6-4-5-11(2)16(15)19(22)24/h4-10,14,17H,3,21H2,1-2H3,(H,25,26)/t14?,17-/m0/s1. The number of aryl methyl sites for hydroxylation is 1. The summed E-state index contributed by atoms with van der Waals surface area (Å²) >= 11 is 0. The van der Waals surface area contributed by atoms with Crippen LogP contribution in [0.5, 0.6) is 0 Å². The summed E-state index contributed by atoms with van der Waals surface area (Å²) in [6.07, 6.45) is 0.568. The quantitative estimate of drug-likeness (QED) is 0.806. The van der Waals surface area contributed by atoms with Crippen LogP contribution in [-0.2, 0) is 4.79 Å². The summed E-state index contributed by atoms with van der Waals surface area (Å²) in [7, 11) is 0. The number of carboxylic acid groups (broad SMARTS) is 1. The number of anilines is 1. The number of carbonyl (C=O) groups is 3. The van der Waals surface area contributed by atoms with Gasteiger partial charge in [0, 0.05) is 5.92 Å². The molecule has 0 radical (unpaired) electrons. The molecule has 3 N–H and O–H groups in total. The van der Waals surface area contributed by atoms with E-state index in [1.807, 2.05) is 6.92 Å². The summed E-state index contributed by atoms with van der Waals surface area (Å²) in [4.78, 5) is 37.7. The Labute approximate surface area is 151 Å². The molecule has 2 aromatic carbocycles. The fourth-order valence-corrected chi connectivity index (χ4v) is 3.43. The minimum absolute atomic E-state index is 0.342. The second-order valence-electron chi connectivity index (χ2n) is 6.41. The van der Waals surface area contributed by atoms with Crippen molar-refractivity contribution in [2.45, 2.75) is 32.2 Å². The summed E-state index contributed by atoms with van der Waals surface area (Å²) in [6, 6.07) is 11.0. The van der Waals surface area contributed by atoms with Gasteiger partial charge in [-0.1, -0.05) is 31.2 Å². The molecule has 2 amide bonds. The zero-order valence-electron chi connectivity index (χ0n) is 14.6. The second kappa shape index (κ2) is 6.72. The van der Waals surface area contributed by atoms with Crippen molar-refractivity contribution in [2.24, 2.45) is 5.73 Å². The summed E-state index contributed by atoms with van der Waals surface area (Å²) < 4.78 is 0. The number of rotatable bonds is 5. The average Bonchev–Trinajstić information content (AvgIpc) is 2.88. The second-order valence-corrected chi connectivity index (χ2v) is 6.41. The van der Waals surface area contributed by atoms with E-state index in [1.54, 1.807) is 49.4 Å². The zero-order chi connectivity index (χ0) is 19.0. The number of nitrogens with two attached hydrogens (primary N) is 1. The van der Waals surface area contributed by atoms with Crippen molar-refractivity contribution in [2.75, 3.05) is 4.90 Å². The number of benzene rings is 2. The number of imide groups is 1. The Hall–Kier alpha value is -2.99. The first-order valence-electron chi connectivity index (χ1n) is 8.43. The molecule has 0 bridgehead atoms. The van der Waals surface area contributed by atoms with Gasteiger partial charge in [0.15, 0.2) is 0 Å². The SMILES string of the molecule is CCC(c1ccc(N2C(=O)c3cccc(C)c3C2=O)cc1)[C@H](N)C(=O)O. The normalized spacial score (nSPS) is 15.7. The summed E-state index contributed by atoms with van der Waals surface area (Å²) in [5, 5.41) is 9.15. The number of carbonyl (C=O) groups excluding carboxylic acids is 2. The molecule has 1 unspecified atom stereocenters. The van der Waals surface area contributed by atoms with Crippen molar-refractivity contribution in [1.82, 2.24) is 0 Å². The fraction of sp³-hybridized carbons (Fsp3) is 0.250. The highest BCUT2D eigenvalue weighted by atomic mass is 16.4. The smallest absolute Gasteiger partial charge is 0.321 e. The number of hydrogen-bond acceptors (Lipinski definition) is 4. The third kappa shape index (κ3) is 2.78. The lowest BCUT2D eigenvalue weighted by molar-refractivity contribution is -0.139. The molecule has 0 fully saturated rings. The maximum absolute atomic E-state index is 12.7. The Balaban J connectivity index is 1.93. The number of aliphatic carboxylic acids is 1. The van der Waals surface area contributed by atoms with E-state index in [0.29, 0.717) is 23.2 Å². The molecule has 2 aromatic rings. The minimum Gasteiger partial charge on any atom is -0.480 e. The molecule has 1 aliphatic rings. The Morgan fingerprint density at radius 2 is 1.77 bits per heavy atom. The molecule has 0 saturated heterocycles. The van der Waals surface area contributed by atoms with Gasteiger partial charge < -0.3 is 10.8 Å². The van der Waals surface area contributed by atoms with E-state index in [-0.39, 0.29) is 17.7 Å². The number of amides is 2. The fourth-order valence-electron chi connectivity index (χ4n) is 3.43. The summed E-state index contributed by atoms with van der Waals surface area (Å²) in [6.45, 7) is 3.67. The van der Waals surface area contributed by atoms with E-state index in [1.165, 1.54) is 0 Å². The van der Waals surface area contributed by atoms with Crippen LogP contribution < -0.4 is 10.6 Å². The van der Waals surface area contributed by atoms with Crippen molar-refractivity contribution < 1.29 is 19.5 Å². The molecule has 0 saturated carbocycles. The van der Waals surface area contributed by atoms with Gasteiger partial charge in [0.2, 0.25) is 0 Å². The highest BCUT2D eigenvalue weighted by Crippen LogP contribution is 2.32. The van der Waals surface area contributed by atoms with Crippen LogP contribution in [-0.4, -0.2) is 28.9 Å². The Bertz CT molecular complexity index is 889. The van der Waals surface area contributed by atoms with E-state index in [9.17, 15) is 14.4 Å². The summed E-state index contributed by atoms with van der Waals surface area (Å²) in [5.41, 5.74) is 8.58. The van der Waals surface area contributed by atoms with Crippen molar-refractivity contribution in [3.05, 3.63) is 64.7 Å². The van der Waals surface area contributed by atoms with Gasteiger partial charge in [-0.05, 0) is 42.7 Å². The van der Waals surface area contributed by atoms with E-state index < -0.39 is 12.0 Å². The van der Waals surface area contributed by atoms with Gasteiger partial charge in [0.1, 0.15) is 6.04 Å². The van der Waals surface area contributed by atoms with E-state index in [4.69, 9.17) is 10.8 Å². The third-order valence-corrected chi connectivity index (χ3v) is 4.86. The Morgan fingerprint density at radius 1 is 1.12 bits per heavy atom. The highest BCUT2D eigenvalue weighted by molar-refractivity contribution is 6.34. The van der Waals surface area contributed by atoms with Gasteiger partial charge >= 0.3 is 5.97 Å². The van der Waals surface area contributed by atoms with Crippen molar-refractivity contribution in [3.63, 3.8) is 0 Å². The molecule has 1 aliphatic heterocycles. The molecule has 6 heteroatoms. The van der Waals surface area contributed by atoms with Crippen molar-refractivity contribution in [3.8, 4) is 0 Å². The lowest BCUT2D eigenvalue weighted by Crippen LogP contribution is -2.36. The number of carboxylic acids is 1. The van der Waals surface area contributed by atoms with Gasteiger partial charge in [0.25, 0.3) is 11.8 Å². The first-order chi connectivity index (χ1) is 12.4. The molecule has 3 rings (SSSR count). The van der Waals surface area contributed by atoms with Gasteiger partial charge in [0.05, 0.1) is 16.8 Å². The van der Waals surface area contributed by atoms with E-state index in [2.05, 4.69) is 0 Å². The van der Waals surface area contributed by atoms with Gasteiger partial charge in [-0.3, -0.25) is 14.4 Å². The zero-order valence-corrected chi connectivity index (χ0v) is 14.6. The average molecular weight is 352 g/mol. The molecule has 1 heterocycles. The number of nitrogens with zero attached hydrogens (tertiary/aromatic N) is 1. The maximum Gasteiger partial charge on any atom is 0.321 e.